The number of hydrogen-bond acceptors (Lipinski definition) is 3. The van der Waals surface area contributed by atoms with Crippen LogP contribution in [0.15, 0.2) is 54.6 Å². The smallest absolute Gasteiger partial charge is 0.220 e. The number of carbonyl (C=O) groups is 1. The van der Waals surface area contributed by atoms with Gasteiger partial charge >= 0.3 is 0 Å². The van der Waals surface area contributed by atoms with Crippen molar-refractivity contribution in [3.8, 4) is 0 Å². The normalized spacial score (nSPS) is 16.2. The minimum atomic E-state index is 0.0632. The molecular weight excluding hydrogens is 348 g/mol. The number of aryl methyl sites for hydroxylation is 1. The Morgan fingerprint density at radius 3 is 2.50 bits per heavy atom. The van der Waals surface area contributed by atoms with Crippen molar-refractivity contribution in [2.75, 3.05) is 32.8 Å². The number of morpholine rings is 1. The van der Waals surface area contributed by atoms with Crippen molar-refractivity contribution in [2.45, 2.75) is 18.9 Å². The lowest BCUT2D eigenvalue weighted by molar-refractivity contribution is -0.121. The number of carbonyl (C=O) groups excluding carboxylic acids is 1. The van der Waals surface area contributed by atoms with Crippen molar-refractivity contribution in [3.05, 3.63) is 70.7 Å². The van der Waals surface area contributed by atoms with Gasteiger partial charge in [-0.15, -0.1) is 0 Å². The maximum atomic E-state index is 12.3. The summed E-state index contributed by atoms with van der Waals surface area (Å²) in [6.45, 7) is 3.66. The molecule has 4 nitrogen and oxygen atoms in total. The van der Waals surface area contributed by atoms with E-state index in [4.69, 9.17) is 16.3 Å². The molecule has 1 saturated heterocycles. The molecule has 3 rings (SSSR count). The van der Waals surface area contributed by atoms with E-state index in [-0.39, 0.29) is 11.9 Å². The molecule has 1 atom stereocenters. The largest absolute Gasteiger partial charge is 0.379 e. The highest BCUT2D eigenvalue weighted by atomic mass is 35.5. The Hall–Kier alpha value is -1.88. The average molecular weight is 373 g/mol. The second-order valence-corrected chi connectivity index (χ2v) is 6.88. The van der Waals surface area contributed by atoms with E-state index >= 15 is 0 Å². The van der Waals surface area contributed by atoms with Crippen molar-refractivity contribution >= 4 is 17.5 Å². The highest BCUT2D eigenvalue weighted by Crippen LogP contribution is 2.27. The van der Waals surface area contributed by atoms with Gasteiger partial charge in [-0.3, -0.25) is 9.69 Å². The molecule has 1 fully saturated rings. The Bertz CT molecular complexity index is 702. The summed E-state index contributed by atoms with van der Waals surface area (Å²) >= 11 is 6.42. The van der Waals surface area contributed by atoms with E-state index in [1.165, 1.54) is 5.56 Å². The minimum Gasteiger partial charge on any atom is -0.379 e. The fourth-order valence-corrected chi connectivity index (χ4v) is 3.53. The molecule has 0 aromatic heterocycles. The van der Waals surface area contributed by atoms with Crippen LogP contribution in [0.4, 0.5) is 0 Å². The van der Waals surface area contributed by atoms with Crippen LogP contribution < -0.4 is 5.32 Å². The highest BCUT2D eigenvalue weighted by molar-refractivity contribution is 6.31. The lowest BCUT2D eigenvalue weighted by atomic mass is 10.0. The van der Waals surface area contributed by atoms with E-state index in [0.29, 0.717) is 26.2 Å². The summed E-state index contributed by atoms with van der Waals surface area (Å²) in [6.07, 6.45) is 1.24. The number of halogens is 1. The molecule has 1 aliphatic heterocycles. The molecule has 0 spiro atoms. The van der Waals surface area contributed by atoms with Crippen LogP contribution in [0.25, 0.3) is 0 Å². The zero-order valence-electron chi connectivity index (χ0n) is 14.9. The topological polar surface area (TPSA) is 41.6 Å². The van der Waals surface area contributed by atoms with E-state index in [1.807, 2.05) is 54.6 Å². The fourth-order valence-electron chi connectivity index (χ4n) is 3.27. The van der Waals surface area contributed by atoms with Gasteiger partial charge in [0, 0.05) is 31.1 Å². The molecule has 138 valence electrons. The molecule has 5 heteroatoms. The summed E-state index contributed by atoms with van der Waals surface area (Å²) in [7, 11) is 0. The summed E-state index contributed by atoms with van der Waals surface area (Å²) in [5, 5.41) is 3.83. The Kier molecular flexibility index (Phi) is 7.06. The number of ether oxygens (including phenoxy) is 1. The van der Waals surface area contributed by atoms with Crippen LogP contribution in [0, 0.1) is 0 Å². The second kappa shape index (κ2) is 9.72. The second-order valence-electron chi connectivity index (χ2n) is 6.48. The van der Waals surface area contributed by atoms with Crippen molar-refractivity contribution in [3.63, 3.8) is 0 Å². The number of nitrogens with one attached hydrogen (secondary N) is 1. The van der Waals surface area contributed by atoms with Gasteiger partial charge in [-0.25, -0.2) is 0 Å². The monoisotopic (exact) mass is 372 g/mol. The summed E-state index contributed by atoms with van der Waals surface area (Å²) in [6, 6.07) is 18.0. The van der Waals surface area contributed by atoms with Crippen molar-refractivity contribution in [1.29, 1.82) is 0 Å². The summed E-state index contributed by atoms with van der Waals surface area (Å²) in [5.41, 5.74) is 2.23. The van der Waals surface area contributed by atoms with E-state index in [9.17, 15) is 4.79 Å². The van der Waals surface area contributed by atoms with Crippen molar-refractivity contribution in [2.24, 2.45) is 0 Å². The number of hydrogen-bond donors (Lipinski definition) is 1. The van der Waals surface area contributed by atoms with Gasteiger partial charge in [-0.1, -0.05) is 60.1 Å². The van der Waals surface area contributed by atoms with Gasteiger partial charge in [0.25, 0.3) is 0 Å². The predicted molar refractivity (Wildman–Crippen MR) is 104 cm³/mol. The van der Waals surface area contributed by atoms with Crippen LogP contribution in [-0.4, -0.2) is 43.7 Å². The van der Waals surface area contributed by atoms with Crippen molar-refractivity contribution < 1.29 is 9.53 Å². The Morgan fingerprint density at radius 2 is 1.77 bits per heavy atom. The third kappa shape index (κ3) is 5.31. The van der Waals surface area contributed by atoms with Crippen LogP contribution in [0.3, 0.4) is 0 Å². The van der Waals surface area contributed by atoms with Crippen LogP contribution in [0.5, 0.6) is 0 Å². The van der Waals surface area contributed by atoms with E-state index in [2.05, 4.69) is 10.2 Å². The van der Waals surface area contributed by atoms with Gasteiger partial charge in [0.15, 0.2) is 0 Å². The molecule has 1 aliphatic rings. The van der Waals surface area contributed by atoms with Crippen LogP contribution in [-0.2, 0) is 16.0 Å². The zero-order chi connectivity index (χ0) is 18.2. The molecular formula is C21H25ClN2O2. The molecule has 2 aromatic rings. The molecule has 2 aromatic carbocycles. The third-order valence-electron chi connectivity index (χ3n) is 4.73. The van der Waals surface area contributed by atoms with Gasteiger partial charge in [0.1, 0.15) is 0 Å². The van der Waals surface area contributed by atoms with Gasteiger partial charge < -0.3 is 10.1 Å². The molecule has 1 amide bonds. The Balaban J connectivity index is 1.60. The summed E-state index contributed by atoms with van der Waals surface area (Å²) in [4.78, 5) is 14.7. The van der Waals surface area contributed by atoms with Crippen LogP contribution in [0.2, 0.25) is 5.02 Å². The van der Waals surface area contributed by atoms with E-state index in [1.54, 1.807) is 0 Å². The summed E-state index contributed by atoms with van der Waals surface area (Å²) in [5.74, 6) is 0.0687. The first-order chi connectivity index (χ1) is 12.7. The Morgan fingerprint density at radius 1 is 1.08 bits per heavy atom. The lowest BCUT2D eigenvalue weighted by Gasteiger charge is -2.35. The quantitative estimate of drug-likeness (QED) is 0.809. The third-order valence-corrected chi connectivity index (χ3v) is 5.07. The maximum absolute atomic E-state index is 12.3. The first-order valence-electron chi connectivity index (χ1n) is 9.11. The highest BCUT2D eigenvalue weighted by Gasteiger charge is 2.24. The molecule has 1 heterocycles. The minimum absolute atomic E-state index is 0.0632. The molecule has 0 saturated carbocycles. The SMILES string of the molecule is O=C(CCc1ccccc1)NC[C@H](c1ccccc1Cl)N1CCOCC1. The van der Waals surface area contributed by atoms with Gasteiger partial charge in [-0.05, 0) is 23.6 Å². The first kappa shape index (κ1) is 18.9. The number of benzene rings is 2. The number of rotatable bonds is 7. The number of nitrogens with zero attached hydrogens (tertiary/aromatic N) is 1. The maximum Gasteiger partial charge on any atom is 0.220 e. The Labute approximate surface area is 160 Å². The standard InChI is InChI=1S/C21H25ClN2O2/c22-19-9-5-4-8-18(19)20(24-12-14-26-15-13-24)16-23-21(25)11-10-17-6-2-1-3-7-17/h1-9,20H,10-16H2,(H,23,25)/t20-/m1/s1. The molecule has 26 heavy (non-hydrogen) atoms. The van der Waals surface area contributed by atoms with Crippen molar-refractivity contribution in [1.82, 2.24) is 10.2 Å². The summed E-state index contributed by atoms with van der Waals surface area (Å²) < 4.78 is 5.47. The molecule has 0 radical (unpaired) electrons. The average Bonchev–Trinajstić information content (AvgIpc) is 2.69. The molecule has 0 bridgehead atoms. The molecule has 0 unspecified atom stereocenters. The lowest BCUT2D eigenvalue weighted by Crippen LogP contribution is -2.44. The molecule has 0 aliphatic carbocycles. The first-order valence-corrected chi connectivity index (χ1v) is 9.48. The number of amides is 1. The zero-order valence-corrected chi connectivity index (χ0v) is 15.6. The van der Waals surface area contributed by atoms with E-state index in [0.717, 1.165) is 30.1 Å². The van der Waals surface area contributed by atoms with Gasteiger partial charge in [-0.2, -0.15) is 0 Å². The van der Waals surface area contributed by atoms with Crippen LogP contribution in [0.1, 0.15) is 23.6 Å². The van der Waals surface area contributed by atoms with E-state index < -0.39 is 0 Å². The van der Waals surface area contributed by atoms with Gasteiger partial charge in [0.2, 0.25) is 5.91 Å². The van der Waals surface area contributed by atoms with Gasteiger partial charge in [0.05, 0.1) is 19.3 Å². The van der Waals surface area contributed by atoms with Crippen LogP contribution >= 0.6 is 11.6 Å². The predicted octanol–water partition coefficient (Wildman–Crippen LogP) is 3.46. The molecule has 1 N–H and O–H groups in total. The fraction of sp³-hybridized carbons (Fsp3) is 0.381.